The van der Waals surface area contributed by atoms with Gasteiger partial charge in [-0.1, -0.05) is 24.3 Å². The lowest BCUT2D eigenvalue weighted by molar-refractivity contribution is 0.219. The van der Waals surface area contributed by atoms with E-state index in [1.54, 1.807) is 0 Å². The largest absolute Gasteiger partial charge is 0.346 e. The number of nitrogens with zero attached hydrogens (tertiary/aromatic N) is 1. The molecule has 124 valence electrons. The second-order valence-electron chi connectivity index (χ2n) is 6.63. The monoisotopic (exact) mass is 323 g/mol. The maximum absolute atomic E-state index is 13.2. The minimum absolute atomic E-state index is 0.455. The summed E-state index contributed by atoms with van der Waals surface area (Å²) in [6, 6.07) is 13.2. The first kappa shape index (κ1) is 15.3. The van der Waals surface area contributed by atoms with E-state index in [1.807, 2.05) is 12.4 Å². The quantitative estimate of drug-likeness (QED) is 0.736. The van der Waals surface area contributed by atoms with E-state index in [9.17, 15) is 4.39 Å². The molecule has 0 radical (unpaired) electrons. The minimum Gasteiger partial charge on any atom is -0.346 e. The average molecular weight is 323 g/mol. The first-order valence-electron chi connectivity index (χ1n) is 8.68. The Kier molecular flexibility index (Phi) is 4.30. The summed E-state index contributed by atoms with van der Waals surface area (Å²) in [5.41, 5.74) is 4.58. The number of hydrogen-bond donors (Lipinski definition) is 2. The highest BCUT2D eigenvalue weighted by molar-refractivity contribution is 5.92. The normalized spacial score (nSPS) is 21.2. The first-order chi connectivity index (χ1) is 11.8. The summed E-state index contributed by atoms with van der Waals surface area (Å²) < 4.78 is 13.2. The molecule has 0 unspecified atom stereocenters. The molecule has 1 aliphatic carbocycles. The summed E-state index contributed by atoms with van der Waals surface area (Å²) in [7, 11) is 0. The Morgan fingerprint density at radius 3 is 2.62 bits per heavy atom. The molecule has 1 saturated carbocycles. The average Bonchev–Trinajstić information content (AvgIpc) is 3.10. The summed E-state index contributed by atoms with van der Waals surface area (Å²) >= 11 is 0. The van der Waals surface area contributed by atoms with Crippen LogP contribution in [0.2, 0.25) is 0 Å². The number of rotatable bonds is 4. The minimum atomic E-state index is -0.590. The Labute approximate surface area is 141 Å². The van der Waals surface area contributed by atoms with Gasteiger partial charge in [0, 0.05) is 30.4 Å². The van der Waals surface area contributed by atoms with Gasteiger partial charge < -0.3 is 10.3 Å². The Morgan fingerprint density at radius 1 is 1.04 bits per heavy atom. The highest BCUT2D eigenvalue weighted by atomic mass is 19.1. The van der Waals surface area contributed by atoms with Crippen LogP contribution in [-0.2, 0) is 6.54 Å². The molecular weight excluding hydrogens is 301 g/mol. The van der Waals surface area contributed by atoms with E-state index in [-0.39, 0.29) is 0 Å². The van der Waals surface area contributed by atoms with Crippen molar-refractivity contribution in [1.82, 2.24) is 15.3 Å². The molecule has 3 aromatic rings. The lowest BCUT2D eigenvalue weighted by Gasteiger charge is -2.25. The van der Waals surface area contributed by atoms with Crippen molar-refractivity contribution in [1.29, 1.82) is 0 Å². The number of benzene rings is 1. The molecule has 1 aliphatic rings. The second-order valence-corrected chi connectivity index (χ2v) is 6.63. The third kappa shape index (κ3) is 3.20. The number of fused-ring (bicyclic) bond motifs is 1. The van der Waals surface area contributed by atoms with Gasteiger partial charge in [0.2, 0.25) is 0 Å². The smallest absolute Gasteiger partial charge is 0.137 e. The predicted octanol–water partition coefficient (Wildman–Crippen LogP) is 4.60. The van der Waals surface area contributed by atoms with Gasteiger partial charge in [0.1, 0.15) is 11.8 Å². The molecule has 0 atom stereocenters. The summed E-state index contributed by atoms with van der Waals surface area (Å²) in [6.07, 6.45) is 6.46. The van der Waals surface area contributed by atoms with Crippen molar-refractivity contribution in [3.63, 3.8) is 0 Å². The number of aromatic amines is 1. The SMILES string of the molecule is FC1CCC(NCc2ccc(-c3ccnc4[nH]ccc34)cc2)CC1. The third-order valence-electron chi connectivity index (χ3n) is 4.98. The topological polar surface area (TPSA) is 40.7 Å². The molecule has 2 N–H and O–H groups in total. The van der Waals surface area contributed by atoms with Gasteiger partial charge in [0.15, 0.2) is 0 Å². The summed E-state index contributed by atoms with van der Waals surface area (Å²) in [5, 5.41) is 4.71. The lowest BCUT2D eigenvalue weighted by Crippen LogP contribution is -2.33. The van der Waals surface area contributed by atoms with Crippen molar-refractivity contribution >= 4 is 11.0 Å². The molecule has 1 fully saturated rings. The van der Waals surface area contributed by atoms with E-state index in [1.165, 1.54) is 16.7 Å². The van der Waals surface area contributed by atoms with Crippen LogP contribution in [-0.4, -0.2) is 22.2 Å². The Bertz CT molecular complexity index is 801. The van der Waals surface area contributed by atoms with Crippen LogP contribution in [0.25, 0.3) is 22.2 Å². The fourth-order valence-corrected chi connectivity index (χ4v) is 3.53. The molecule has 0 amide bonds. The lowest BCUT2D eigenvalue weighted by atomic mass is 9.94. The molecule has 0 saturated heterocycles. The summed E-state index contributed by atoms with van der Waals surface area (Å²) in [5.74, 6) is 0. The molecule has 2 aromatic heterocycles. The van der Waals surface area contributed by atoms with Crippen LogP contribution in [0.15, 0.2) is 48.8 Å². The van der Waals surface area contributed by atoms with E-state index in [0.717, 1.165) is 30.4 Å². The molecule has 1 aromatic carbocycles. The predicted molar refractivity (Wildman–Crippen MR) is 95.5 cm³/mol. The molecular formula is C20H22FN3. The van der Waals surface area contributed by atoms with Crippen molar-refractivity contribution < 1.29 is 4.39 Å². The standard InChI is InChI=1S/C20H22FN3/c21-16-5-7-17(8-6-16)24-13-14-1-3-15(4-2-14)18-9-11-22-20-19(18)10-12-23-20/h1-4,9-12,16-17,24H,5-8,13H2,(H,22,23). The van der Waals surface area contributed by atoms with Crippen molar-refractivity contribution in [2.75, 3.05) is 0 Å². The van der Waals surface area contributed by atoms with Gasteiger partial charge in [-0.2, -0.15) is 0 Å². The van der Waals surface area contributed by atoms with Crippen LogP contribution >= 0.6 is 0 Å². The van der Waals surface area contributed by atoms with E-state index >= 15 is 0 Å². The molecule has 4 rings (SSSR count). The number of alkyl halides is 1. The fourth-order valence-electron chi connectivity index (χ4n) is 3.53. The molecule has 0 spiro atoms. The third-order valence-corrected chi connectivity index (χ3v) is 4.98. The van der Waals surface area contributed by atoms with Gasteiger partial charge in [0.25, 0.3) is 0 Å². The highest BCUT2D eigenvalue weighted by Gasteiger charge is 2.19. The Morgan fingerprint density at radius 2 is 1.83 bits per heavy atom. The zero-order valence-corrected chi connectivity index (χ0v) is 13.6. The maximum Gasteiger partial charge on any atom is 0.137 e. The van der Waals surface area contributed by atoms with Crippen LogP contribution in [0.1, 0.15) is 31.2 Å². The van der Waals surface area contributed by atoms with Gasteiger partial charge in [-0.05, 0) is 54.5 Å². The van der Waals surface area contributed by atoms with Crippen molar-refractivity contribution in [3.8, 4) is 11.1 Å². The van der Waals surface area contributed by atoms with Crippen LogP contribution in [0.3, 0.4) is 0 Å². The number of aromatic nitrogens is 2. The number of pyridine rings is 1. The number of halogens is 1. The van der Waals surface area contributed by atoms with Gasteiger partial charge >= 0.3 is 0 Å². The van der Waals surface area contributed by atoms with Crippen molar-refractivity contribution in [2.45, 2.75) is 44.4 Å². The maximum atomic E-state index is 13.2. The van der Waals surface area contributed by atoms with E-state index < -0.39 is 6.17 Å². The Balaban J connectivity index is 1.44. The first-order valence-corrected chi connectivity index (χ1v) is 8.68. The van der Waals surface area contributed by atoms with Gasteiger partial charge in [-0.25, -0.2) is 9.37 Å². The molecule has 4 heteroatoms. The fraction of sp³-hybridized carbons (Fsp3) is 0.350. The van der Waals surface area contributed by atoms with Crippen LogP contribution in [0.5, 0.6) is 0 Å². The molecule has 0 aliphatic heterocycles. The van der Waals surface area contributed by atoms with E-state index in [4.69, 9.17) is 0 Å². The highest BCUT2D eigenvalue weighted by Crippen LogP contribution is 2.27. The van der Waals surface area contributed by atoms with Crippen molar-refractivity contribution in [2.24, 2.45) is 0 Å². The van der Waals surface area contributed by atoms with Gasteiger partial charge in [0.05, 0.1) is 0 Å². The Hall–Kier alpha value is -2.20. The summed E-state index contributed by atoms with van der Waals surface area (Å²) in [6.45, 7) is 0.845. The van der Waals surface area contributed by atoms with Crippen molar-refractivity contribution in [3.05, 3.63) is 54.4 Å². The molecule has 24 heavy (non-hydrogen) atoms. The number of nitrogens with one attached hydrogen (secondary N) is 2. The second kappa shape index (κ2) is 6.73. The van der Waals surface area contributed by atoms with Gasteiger partial charge in [-0.3, -0.25) is 0 Å². The zero-order valence-electron chi connectivity index (χ0n) is 13.6. The number of H-pyrrole nitrogens is 1. The van der Waals surface area contributed by atoms with Crippen LogP contribution in [0.4, 0.5) is 4.39 Å². The summed E-state index contributed by atoms with van der Waals surface area (Å²) in [4.78, 5) is 7.49. The van der Waals surface area contributed by atoms with Crippen LogP contribution < -0.4 is 5.32 Å². The van der Waals surface area contributed by atoms with Crippen LogP contribution in [0, 0.1) is 0 Å². The molecule has 2 heterocycles. The zero-order chi connectivity index (χ0) is 16.4. The van der Waals surface area contributed by atoms with E-state index in [0.29, 0.717) is 18.9 Å². The van der Waals surface area contributed by atoms with E-state index in [2.05, 4.69) is 51.7 Å². The number of hydrogen-bond acceptors (Lipinski definition) is 2. The van der Waals surface area contributed by atoms with Gasteiger partial charge in [-0.15, -0.1) is 0 Å². The molecule has 3 nitrogen and oxygen atoms in total. The molecule has 0 bridgehead atoms.